The van der Waals surface area contributed by atoms with Crippen molar-refractivity contribution in [2.45, 2.75) is 33.0 Å². The monoisotopic (exact) mass is 501 g/mol. The van der Waals surface area contributed by atoms with E-state index in [9.17, 15) is 14.0 Å². The zero-order valence-corrected chi connectivity index (χ0v) is 21.2. The molecule has 2 aromatic carbocycles. The summed E-state index contributed by atoms with van der Waals surface area (Å²) in [5, 5.41) is 0.502. The molecule has 0 spiro atoms. The Morgan fingerprint density at radius 3 is 2.51 bits per heavy atom. The van der Waals surface area contributed by atoms with Crippen LogP contribution in [0.25, 0.3) is 10.9 Å². The minimum atomic E-state index is -1.33. The van der Waals surface area contributed by atoms with Crippen LogP contribution in [0.2, 0.25) is 0 Å². The SMILES string of the molecule is Cc1ccc(C(=O)N(C[C@H](C)Cc2nc3cnccc3c(=O)n2Cc2ccccc2)C[C@@H](F)CN)cc1. The van der Waals surface area contributed by atoms with Gasteiger partial charge in [0.25, 0.3) is 11.5 Å². The minimum absolute atomic E-state index is 0.0978. The summed E-state index contributed by atoms with van der Waals surface area (Å²) >= 11 is 0. The Hall–Kier alpha value is -3.91. The maximum Gasteiger partial charge on any atom is 0.261 e. The van der Waals surface area contributed by atoms with Crippen LogP contribution in [0, 0.1) is 12.8 Å². The molecule has 0 bridgehead atoms. The first-order valence-corrected chi connectivity index (χ1v) is 12.4. The number of nitrogens with zero attached hydrogens (tertiary/aromatic N) is 4. The normalized spacial score (nSPS) is 12.9. The van der Waals surface area contributed by atoms with E-state index in [0.29, 0.717) is 41.8 Å². The third kappa shape index (κ3) is 6.46. The molecule has 4 rings (SSSR count). The number of amides is 1. The maximum atomic E-state index is 14.3. The second-order valence-electron chi connectivity index (χ2n) is 9.52. The molecule has 1 amide bonds. The summed E-state index contributed by atoms with van der Waals surface area (Å²) in [6, 6.07) is 18.6. The Kier molecular flexibility index (Phi) is 8.40. The van der Waals surface area contributed by atoms with Gasteiger partial charge in [-0.2, -0.15) is 0 Å². The second-order valence-corrected chi connectivity index (χ2v) is 9.52. The van der Waals surface area contributed by atoms with E-state index in [-0.39, 0.29) is 30.5 Å². The number of alkyl halides is 1. The lowest BCUT2D eigenvalue weighted by Crippen LogP contribution is -2.41. The van der Waals surface area contributed by atoms with Crippen molar-refractivity contribution in [1.82, 2.24) is 19.4 Å². The van der Waals surface area contributed by atoms with Crippen LogP contribution in [0.4, 0.5) is 4.39 Å². The molecule has 37 heavy (non-hydrogen) atoms. The number of nitrogens with two attached hydrogens (primary N) is 1. The average Bonchev–Trinajstić information content (AvgIpc) is 2.91. The molecule has 0 unspecified atom stereocenters. The Bertz CT molecular complexity index is 1410. The van der Waals surface area contributed by atoms with E-state index >= 15 is 0 Å². The highest BCUT2D eigenvalue weighted by Gasteiger charge is 2.23. The number of pyridine rings is 1. The molecule has 0 aliphatic carbocycles. The molecule has 8 heteroatoms. The van der Waals surface area contributed by atoms with E-state index in [1.165, 1.54) is 4.90 Å². The van der Waals surface area contributed by atoms with Crippen molar-refractivity contribution in [1.29, 1.82) is 0 Å². The van der Waals surface area contributed by atoms with Crippen LogP contribution in [0.15, 0.2) is 77.9 Å². The fourth-order valence-electron chi connectivity index (χ4n) is 4.39. The quantitative estimate of drug-likeness (QED) is 0.357. The Morgan fingerprint density at radius 1 is 1.08 bits per heavy atom. The molecule has 0 saturated heterocycles. The number of aryl methyl sites for hydroxylation is 1. The minimum Gasteiger partial charge on any atom is -0.335 e. The van der Waals surface area contributed by atoms with Gasteiger partial charge in [0, 0.05) is 31.3 Å². The second kappa shape index (κ2) is 11.9. The first-order chi connectivity index (χ1) is 17.9. The predicted octanol–water partition coefficient (Wildman–Crippen LogP) is 3.77. The molecule has 2 aromatic heterocycles. The Labute approximate surface area is 215 Å². The molecular weight excluding hydrogens is 469 g/mol. The van der Waals surface area contributed by atoms with Crippen molar-refractivity contribution in [3.63, 3.8) is 0 Å². The molecule has 0 fully saturated rings. The van der Waals surface area contributed by atoms with E-state index in [2.05, 4.69) is 4.98 Å². The molecule has 2 N–H and O–H groups in total. The molecule has 0 aliphatic rings. The third-order valence-corrected chi connectivity index (χ3v) is 6.34. The molecule has 192 valence electrons. The number of fused-ring (bicyclic) bond motifs is 1. The van der Waals surface area contributed by atoms with Crippen LogP contribution >= 0.6 is 0 Å². The fraction of sp³-hybridized carbons (Fsp3) is 0.310. The molecule has 0 radical (unpaired) electrons. The van der Waals surface area contributed by atoms with Crippen molar-refractivity contribution in [2.75, 3.05) is 19.6 Å². The van der Waals surface area contributed by atoms with E-state index in [1.54, 1.807) is 35.2 Å². The van der Waals surface area contributed by atoms with E-state index in [1.807, 2.05) is 56.3 Å². The van der Waals surface area contributed by atoms with Gasteiger partial charge < -0.3 is 10.6 Å². The van der Waals surface area contributed by atoms with E-state index in [0.717, 1.165) is 11.1 Å². The van der Waals surface area contributed by atoms with Gasteiger partial charge in [-0.3, -0.25) is 19.1 Å². The van der Waals surface area contributed by atoms with Crippen molar-refractivity contribution in [3.8, 4) is 0 Å². The van der Waals surface area contributed by atoms with E-state index in [4.69, 9.17) is 10.7 Å². The number of aromatic nitrogens is 3. The smallest absolute Gasteiger partial charge is 0.261 e. The van der Waals surface area contributed by atoms with Gasteiger partial charge in [-0.25, -0.2) is 9.37 Å². The van der Waals surface area contributed by atoms with Gasteiger partial charge in [0.1, 0.15) is 12.0 Å². The largest absolute Gasteiger partial charge is 0.335 e. The lowest BCUT2D eigenvalue weighted by molar-refractivity contribution is 0.0683. The van der Waals surface area contributed by atoms with Gasteiger partial charge in [-0.15, -0.1) is 0 Å². The van der Waals surface area contributed by atoms with Crippen molar-refractivity contribution in [3.05, 3.63) is 106 Å². The zero-order valence-electron chi connectivity index (χ0n) is 21.2. The van der Waals surface area contributed by atoms with Crippen LogP contribution in [0.1, 0.15) is 34.2 Å². The highest BCUT2D eigenvalue weighted by molar-refractivity contribution is 5.94. The molecule has 7 nitrogen and oxygen atoms in total. The summed E-state index contributed by atoms with van der Waals surface area (Å²) in [5.74, 6) is 0.239. The van der Waals surface area contributed by atoms with Gasteiger partial charge in [-0.05, 0) is 36.6 Å². The van der Waals surface area contributed by atoms with Crippen LogP contribution in [0.5, 0.6) is 0 Å². The molecule has 4 aromatic rings. The standard InChI is InChI=1S/C29H32FN5O2/c1-20-8-10-23(11-9-20)28(36)34(19-24(30)15-31)17-21(2)14-27-33-26-16-32-13-12-25(26)29(37)35(27)18-22-6-4-3-5-7-22/h3-13,16,21,24H,14-15,17-19,31H2,1-2H3/t21-,24+/m1/s1. The summed E-state index contributed by atoms with van der Waals surface area (Å²) in [4.78, 5) is 37.1. The summed E-state index contributed by atoms with van der Waals surface area (Å²) < 4.78 is 16.0. The van der Waals surface area contributed by atoms with E-state index < -0.39 is 6.17 Å². The van der Waals surface area contributed by atoms with Crippen LogP contribution < -0.4 is 11.3 Å². The van der Waals surface area contributed by atoms with Crippen LogP contribution in [-0.2, 0) is 13.0 Å². The highest BCUT2D eigenvalue weighted by Crippen LogP contribution is 2.16. The first kappa shape index (κ1) is 26.2. The number of hydrogen-bond acceptors (Lipinski definition) is 5. The van der Waals surface area contributed by atoms with Gasteiger partial charge in [0.2, 0.25) is 0 Å². The topological polar surface area (TPSA) is 94.1 Å². The molecule has 0 saturated carbocycles. The zero-order chi connectivity index (χ0) is 26.4. The van der Waals surface area contributed by atoms with Gasteiger partial charge in [0.15, 0.2) is 0 Å². The molecular formula is C29H32FN5O2. The number of rotatable bonds is 10. The number of halogens is 1. The lowest BCUT2D eigenvalue weighted by atomic mass is 10.0. The summed E-state index contributed by atoms with van der Waals surface area (Å²) in [6.45, 7) is 4.32. The first-order valence-electron chi connectivity index (χ1n) is 12.4. The van der Waals surface area contributed by atoms with Crippen molar-refractivity contribution in [2.24, 2.45) is 11.7 Å². The van der Waals surface area contributed by atoms with Gasteiger partial charge in [0.05, 0.1) is 30.2 Å². The fourth-order valence-corrected chi connectivity index (χ4v) is 4.39. The summed E-state index contributed by atoms with van der Waals surface area (Å²) in [5.41, 5.74) is 8.43. The predicted molar refractivity (Wildman–Crippen MR) is 143 cm³/mol. The Balaban J connectivity index is 1.63. The summed E-state index contributed by atoms with van der Waals surface area (Å²) in [6.07, 6.45) is 2.26. The number of hydrogen-bond donors (Lipinski definition) is 1. The number of carbonyl (C=O) groups is 1. The van der Waals surface area contributed by atoms with Gasteiger partial charge in [-0.1, -0.05) is 55.0 Å². The van der Waals surface area contributed by atoms with Crippen molar-refractivity contribution < 1.29 is 9.18 Å². The molecule has 0 aliphatic heterocycles. The van der Waals surface area contributed by atoms with Crippen molar-refractivity contribution >= 4 is 16.8 Å². The molecule has 2 atom stereocenters. The highest BCUT2D eigenvalue weighted by atomic mass is 19.1. The Morgan fingerprint density at radius 2 is 1.81 bits per heavy atom. The molecule has 2 heterocycles. The van der Waals surface area contributed by atoms with Gasteiger partial charge >= 0.3 is 0 Å². The van der Waals surface area contributed by atoms with Crippen LogP contribution in [-0.4, -0.2) is 51.1 Å². The maximum absolute atomic E-state index is 14.3. The average molecular weight is 502 g/mol. The van der Waals surface area contributed by atoms with Crippen LogP contribution in [0.3, 0.4) is 0 Å². The lowest BCUT2D eigenvalue weighted by Gasteiger charge is -2.27. The number of benzene rings is 2. The summed E-state index contributed by atoms with van der Waals surface area (Å²) in [7, 11) is 0. The third-order valence-electron chi connectivity index (χ3n) is 6.34. The number of carbonyl (C=O) groups excluding carboxylic acids is 1.